The lowest BCUT2D eigenvalue weighted by atomic mass is 11.5. The maximum absolute atomic E-state index is 8.56. The van der Waals surface area contributed by atoms with Gasteiger partial charge in [-0.05, 0) is 0 Å². The lowest BCUT2D eigenvalue weighted by Crippen LogP contribution is -1.81. The molecule has 8 heavy (non-hydrogen) atoms. The van der Waals surface area contributed by atoms with Crippen molar-refractivity contribution in [2.75, 3.05) is 0 Å². The van der Waals surface area contributed by atoms with Gasteiger partial charge in [0.2, 0.25) is 0 Å². The van der Waals surface area contributed by atoms with Gasteiger partial charge in [0.15, 0.2) is 5.34 Å². The first kappa shape index (κ1) is 9.80. The van der Waals surface area contributed by atoms with Crippen LogP contribution in [0.3, 0.4) is 0 Å². The average Bonchev–Trinajstić information content (AvgIpc) is 1.65. The fourth-order valence-corrected chi connectivity index (χ4v) is 0. The number of hydrogen-bond donors (Lipinski definition) is 3. The zero-order chi connectivity index (χ0) is 6.99. The van der Waals surface area contributed by atoms with Gasteiger partial charge in [0.05, 0.1) is 0 Å². The van der Waals surface area contributed by atoms with Crippen LogP contribution in [0.2, 0.25) is 0 Å². The summed E-state index contributed by atoms with van der Waals surface area (Å²) in [5, 5.41) is 22.4. The zero-order valence-electron chi connectivity index (χ0n) is 3.51. The third kappa shape index (κ3) is 446. The molecule has 48 valence electrons. The van der Waals surface area contributed by atoms with E-state index in [1.807, 2.05) is 0 Å². The van der Waals surface area contributed by atoms with Crippen LogP contribution in [0.5, 0.6) is 0 Å². The first-order chi connectivity index (χ1) is 3.65. The van der Waals surface area contributed by atoms with E-state index in [9.17, 15) is 0 Å². The van der Waals surface area contributed by atoms with E-state index in [1.54, 1.807) is 5.34 Å². The fourth-order valence-electron chi connectivity index (χ4n) is 0. The summed E-state index contributed by atoms with van der Waals surface area (Å²) in [5.41, 5.74) is 0. The molecule has 0 aliphatic carbocycles. The SMILES string of the molecule is O=C(O)O.O=NOO. The normalized spacial score (nSPS) is 5.62. The Balaban J connectivity index is 0. The van der Waals surface area contributed by atoms with Gasteiger partial charge in [0, 0.05) is 0 Å². The largest absolute Gasteiger partial charge is 0.503 e. The highest BCUT2D eigenvalue weighted by molar-refractivity contribution is 5.53. The molecule has 0 aliphatic heterocycles. The summed E-state index contributed by atoms with van der Waals surface area (Å²) >= 11 is 0. The summed E-state index contributed by atoms with van der Waals surface area (Å²) in [6.45, 7) is 0. The van der Waals surface area contributed by atoms with Gasteiger partial charge in [-0.15, -0.1) is 4.91 Å². The van der Waals surface area contributed by atoms with Gasteiger partial charge >= 0.3 is 6.16 Å². The molecule has 0 unspecified atom stereocenters. The molecule has 0 aromatic heterocycles. The Labute approximate surface area is 43.0 Å². The summed E-state index contributed by atoms with van der Waals surface area (Å²) in [7, 11) is 0. The van der Waals surface area contributed by atoms with Crippen LogP contribution >= 0.6 is 0 Å². The van der Waals surface area contributed by atoms with Crippen molar-refractivity contribution < 1.29 is 25.3 Å². The second-order valence-electron chi connectivity index (χ2n) is 0.439. The number of carbonyl (C=O) groups is 1. The van der Waals surface area contributed by atoms with Crippen molar-refractivity contribution in [1.82, 2.24) is 0 Å². The number of hydrogen-bond acceptors (Lipinski definition) is 5. The minimum atomic E-state index is -1.83. The standard InChI is InChI=1S/CH2O3.HNO3/c2-1(3)4;2-1-4-3/h(H2,2,3,4);3H. The van der Waals surface area contributed by atoms with Crippen molar-refractivity contribution >= 4 is 6.16 Å². The summed E-state index contributed by atoms with van der Waals surface area (Å²) < 4.78 is 0. The Bertz CT molecular complexity index is 64.9. The Kier molecular flexibility index (Phi) is 11.2. The molecule has 0 atom stereocenters. The third-order valence-electron chi connectivity index (χ3n) is 0.0333. The molecule has 0 spiro atoms. The van der Waals surface area contributed by atoms with Gasteiger partial charge in [0.1, 0.15) is 0 Å². The van der Waals surface area contributed by atoms with Crippen molar-refractivity contribution in [3.63, 3.8) is 0 Å². The summed E-state index contributed by atoms with van der Waals surface area (Å²) in [6, 6.07) is 0. The van der Waals surface area contributed by atoms with Crippen molar-refractivity contribution in [2.45, 2.75) is 0 Å². The first-order valence-corrected chi connectivity index (χ1v) is 1.20. The number of carboxylic acid groups (broad SMARTS) is 2. The van der Waals surface area contributed by atoms with Crippen LogP contribution < -0.4 is 0 Å². The molecule has 0 aromatic rings. The number of rotatable bonds is 1. The first-order valence-electron chi connectivity index (χ1n) is 1.20. The van der Waals surface area contributed by atoms with Crippen LogP contribution in [-0.4, -0.2) is 21.6 Å². The molecule has 0 heterocycles. The van der Waals surface area contributed by atoms with E-state index < -0.39 is 6.16 Å². The molecule has 7 heteroatoms. The van der Waals surface area contributed by atoms with Crippen molar-refractivity contribution in [3.05, 3.63) is 4.91 Å². The predicted molar refractivity (Wildman–Crippen MR) is 20.2 cm³/mol. The summed E-state index contributed by atoms with van der Waals surface area (Å²) in [4.78, 5) is 19.6. The van der Waals surface area contributed by atoms with E-state index >= 15 is 0 Å². The lowest BCUT2D eigenvalue weighted by Gasteiger charge is -1.60. The van der Waals surface area contributed by atoms with Crippen LogP contribution in [-0.2, 0) is 4.99 Å². The Morgan fingerprint density at radius 3 is 1.62 bits per heavy atom. The Hall–Kier alpha value is -1.37. The highest BCUT2D eigenvalue weighted by atomic mass is 17.2. The minimum absolute atomic E-state index is 1.54. The molecule has 0 saturated carbocycles. The molecule has 0 fully saturated rings. The van der Waals surface area contributed by atoms with E-state index in [0.717, 1.165) is 0 Å². The van der Waals surface area contributed by atoms with Gasteiger partial charge < -0.3 is 10.2 Å². The van der Waals surface area contributed by atoms with E-state index in [2.05, 4.69) is 4.99 Å². The molecule has 0 bridgehead atoms. The van der Waals surface area contributed by atoms with Crippen LogP contribution in [0.15, 0.2) is 5.34 Å². The van der Waals surface area contributed by atoms with E-state index in [4.69, 9.17) is 25.2 Å². The molecule has 0 aromatic carbocycles. The van der Waals surface area contributed by atoms with Crippen LogP contribution in [0.4, 0.5) is 4.79 Å². The summed E-state index contributed by atoms with van der Waals surface area (Å²) in [6.07, 6.45) is -1.83. The lowest BCUT2D eigenvalue weighted by molar-refractivity contribution is -0.245. The Morgan fingerprint density at radius 1 is 1.50 bits per heavy atom. The molecule has 7 nitrogen and oxygen atoms in total. The van der Waals surface area contributed by atoms with Crippen LogP contribution in [0, 0.1) is 4.91 Å². The zero-order valence-corrected chi connectivity index (χ0v) is 3.51. The minimum Gasteiger partial charge on any atom is -0.450 e. The van der Waals surface area contributed by atoms with Crippen molar-refractivity contribution in [2.24, 2.45) is 5.34 Å². The molecule has 0 rings (SSSR count). The summed E-state index contributed by atoms with van der Waals surface area (Å²) in [5.74, 6) is 0. The maximum Gasteiger partial charge on any atom is 0.503 e. The topological polar surface area (TPSA) is 116 Å². The fraction of sp³-hybridized carbons (Fsp3) is 0. The second-order valence-corrected chi connectivity index (χ2v) is 0.439. The highest BCUT2D eigenvalue weighted by Crippen LogP contribution is 1.51. The molecule has 0 aliphatic rings. The quantitative estimate of drug-likeness (QED) is 0.265. The van der Waals surface area contributed by atoms with Crippen LogP contribution in [0.1, 0.15) is 0 Å². The average molecular weight is 125 g/mol. The predicted octanol–water partition coefficient (Wildman–Crippen LogP) is 0.380. The van der Waals surface area contributed by atoms with Gasteiger partial charge in [-0.2, -0.15) is 10.2 Å². The van der Waals surface area contributed by atoms with Gasteiger partial charge in [-0.25, -0.2) is 4.79 Å². The van der Waals surface area contributed by atoms with Crippen molar-refractivity contribution in [3.8, 4) is 0 Å². The van der Waals surface area contributed by atoms with E-state index in [1.165, 1.54) is 0 Å². The van der Waals surface area contributed by atoms with Gasteiger partial charge in [-0.3, -0.25) is 0 Å². The molecular weight excluding hydrogens is 122 g/mol. The molecule has 0 radical (unpaired) electrons. The molecule has 0 saturated heterocycles. The van der Waals surface area contributed by atoms with Gasteiger partial charge in [-0.1, -0.05) is 0 Å². The molecule has 0 amide bonds. The Morgan fingerprint density at radius 2 is 1.62 bits per heavy atom. The van der Waals surface area contributed by atoms with E-state index in [0.29, 0.717) is 0 Å². The molecule has 3 N–H and O–H groups in total. The highest BCUT2D eigenvalue weighted by Gasteiger charge is 1.70. The van der Waals surface area contributed by atoms with Crippen molar-refractivity contribution in [1.29, 1.82) is 0 Å². The van der Waals surface area contributed by atoms with E-state index in [-0.39, 0.29) is 0 Å². The van der Waals surface area contributed by atoms with Crippen LogP contribution in [0.25, 0.3) is 0 Å². The van der Waals surface area contributed by atoms with Gasteiger partial charge in [0.25, 0.3) is 0 Å². The number of nitrogens with zero attached hydrogens (tertiary/aromatic N) is 1. The smallest absolute Gasteiger partial charge is 0.450 e. The third-order valence-corrected chi connectivity index (χ3v) is 0.0333. The maximum atomic E-state index is 8.56. The molecular formula is CH3NO6. The monoisotopic (exact) mass is 125 g/mol. The second kappa shape index (κ2) is 9.16.